The molecule has 7 heteroatoms. The van der Waals surface area contributed by atoms with Gasteiger partial charge in [-0.05, 0) is 51.3 Å². The summed E-state index contributed by atoms with van der Waals surface area (Å²) in [6.07, 6.45) is 6.50. The Hall–Kier alpha value is -2.67. The van der Waals surface area contributed by atoms with Crippen LogP contribution in [0.1, 0.15) is 57.1 Å². The molecular formula is C24H32N4O3. The number of hydrogen-bond acceptors (Lipinski definition) is 5. The molecule has 1 saturated carbocycles. The van der Waals surface area contributed by atoms with Crippen molar-refractivity contribution in [1.29, 1.82) is 0 Å². The lowest BCUT2D eigenvalue weighted by molar-refractivity contribution is -0.150. The minimum atomic E-state index is -0.157. The Morgan fingerprint density at radius 3 is 2.65 bits per heavy atom. The first-order valence-electron chi connectivity index (χ1n) is 11.5. The van der Waals surface area contributed by atoms with E-state index in [2.05, 4.69) is 5.32 Å². The molecule has 2 aromatic rings. The van der Waals surface area contributed by atoms with E-state index in [-0.39, 0.29) is 24.3 Å². The van der Waals surface area contributed by atoms with Gasteiger partial charge in [-0.3, -0.25) is 14.5 Å². The topological polar surface area (TPSA) is 76.5 Å². The molecule has 2 aliphatic rings. The summed E-state index contributed by atoms with van der Waals surface area (Å²) in [6.45, 7) is 3.85. The maximum atomic E-state index is 12.9. The Labute approximate surface area is 183 Å². The lowest BCUT2D eigenvalue weighted by Gasteiger charge is -2.30. The van der Waals surface area contributed by atoms with Crippen LogP contribution in [-0.2, 0) is 14.3 Å². The summed E-state index contributed by atoms with van der Waals surface area (Å²) in [6, 6.07) is 11.9. The molecule has 31 heavy (non-hydrogen) atoms. The summed E-state index contributed by atoms with van der Waals surface area (Å²) in [7, 11) is 0. The fourth-order valence-electron chi connectivity index (χ4n) is 4.71. The maximum Gasteiger partial charge on any atom is 0.310 e. The molecule has 2 fully saturated rings. The average molecular weight is 425 g/mol. The molecule has 1 atom stereocenters. The number of esters is 1. The molecule has 1 amide bonds. The molecule has 4 rings (SSSR count). The standard InChI is InChI=1S/C24H32N4O3/c1-2-31-24(30)19-11-8-14-27(16-19)17-23(29)25-22-15-21(18-9-6-7-10-18)26-28(22)20-12-4-3-5-13-20/h3-5,12-13,15,18-19H,2,6-11,14,16-17H2,1H3,(H,25,29)/t19-/m0/s1. The van der Waals surface area contributed by atoms with Crippen LogP contribution in [0.5, 0.6) is 0 Å². The monoisotopic (exact) mass is 424 g/mol. The third-order valence-corrected chi connectivity index (χ3v) is 6.26. The largest absolute Gasteiger partial charge is 0.466 e. The number of rotatable bonds is 7. The second kappa shape index (κ2) is 10.1. The highest BCUT2D eigenvalue weighted by Crippen LogP contribution is 2.35. The van der Waals surface area contributed by atoms with Gasteiger partial charge in [-0.25, -0.2) is 4.68 Å². The molecule has 0 radical (unpaired) electrons. The number of piperidine rings is 1. The van der Waals surface area contributed by atoms with Gasteiger partial charge >= 0.3 is 5.97 Å². The van der Waals surface area contributed by atoms with E-state index in [1.165, 1.54) is 12.8 Å². The molecule has 2 heterocycles. The van der Waals surface area contributed by atoms with Crippen LogP contribution in [0.25, 0.3) is 5.69 Å². The smallest absolute Gasteiger partial charge is 0.310 e. The van der Waals surface area contributed by atoms with E-state index in [1.54, 1.807) is 0 Å². The Bertz CT molecular complexity index is 889. The molecule has 0 spiro atoms. The summed E-state index contributed by atoms with van der Waals surface area (Å²) >= 11 is 0. The third kappa shape index (κ3) is 5.34. The number of carbonyl (C=O) groups excluding carboxylic acids is 2. The van der Waals surface area contributed by atoms with Gasteiger partial charge in [0.15, 0.2) is 0 Å². The van der Waals surface area contributed by atoms with Crippen LogP contribution in [0.15, 0.2) is 36.4 Å². The van der Waals surface area contributed by atoms with Crippen LogP contribution in [0.4, 0.5) is 5.82 Å². The Morgan fingerprint density at radius 2 is 1.90 bits per heavy atom. The molecule has 1 N–H and O–H groups in total. The van der Waals surface area contributed by atoms with Gasteiger partial charge < -0.3 is 10.1 Å². The number of amides is 1. The van der Waals surface area contributed by atoms with Gasteiger partial charge in [-0.1, -0.05) is 31.0 Å². The highest BCUT2D eigenvalue weighted by atomic mass is 16.5. The first kappa shape index (κ1) is 21.6. The first-order valence-corrected chi connectivity index (χ1v) is 11.5. The van der Waals surface area contributed by atoms with E-state index in [4.69, 9.17) is 9.84 Å². The minimum Gasteiger partial charge on any atom is -0.466 e. The fraction of sp³-hybridized carbons (Fsp3) is 0.542. The van der Waals surface area contributed by atoms with Gasteiger partial charge in [-0.15, -0.1) is 0 Å². The third-order valence-electron chi connectivity index (χ3n) is 6.26. The van der Waals surface area contributed by atoms with Crippen LogP contribution in [0.3, 0.4) is 0 Å². The van der Waals surface area contributed by atoms with Crippen molar-refractivity contribution in [2.45, 2.75) is 51.4 Å². The summed E-state index contributed by atoms with van der Waals surface area (Å²) < 4.78 is 7.01. The van der Waals surface area contributed by atoms with Crippen LogP contribution in [-0.4, -0.2) is 52.8 Å². The summed E-state index contributed by atoms with van der Waals surface area (Å²) in [5, 5.41) is 7.92. The molecule has 1 aliphatic heterocycles. The highest BCUT2D eigenvalue weighted by molar-refractivity contribution is 5.92. The zero-order valence-corrected chi connectivity index (χ0v) is 18.3. The van der Waals surface area contributed by atoms with Crippen molar-refractivity contribution in [2.75, 3.05) is 31.6 Å². The number of hydrogen-bond donors (Lipinski definition) is 1. The summed E-state index contributed by atoms with van der Waals surface area (Å²) in [5.41, 5.74) is 1.99. The lowest BCUT2D eigenvalue weighted by Crippen LogP contribution is -2.43. The average Bonchev–Trinajstić information content (AvgIpc) is 3.45. The van der Waals surface area contributed by atoms with Crippen molar-refractivity contribution in [1.82, 2.24) is 14.7 Å². The maximum absolute atomic E-state index is 12.9. The second-order valence-corrected chi connectivity index (χ2v) is 8.56. The fourth-order valence-corrected chi connectivity index (χ4v) is 4.71. The SMILES string of the molecule is CCOC(=O)[C@H]1CCCN(CC(=O)Nc2cc(C3CCCC3)nn2-c2ccccc2)C1. The zero-order chi connectivity index (χ0) is 21.6. The van der Waals surface area contributed by atoms with Gasteiger partial charge in [0.05, 0.1) is 30.5 Å². The van der Waals surface area contributed by atoms with E-state index < -0.39 is 0 Å². The van der Waals surface area contributed by atoms with Crippen molar-refractivity contribution < 1.29 is 14.3 Å². The van der Waals surface area contributed by atoms with E-state index in [1.807, 2.05) is 52.9 Å². The Kier molecular flexibility index (Phi) is 7.02. The van der Waals surface area contributed by atoms with Gasteiger partial charge in [-0.2, -0.15) is 5.10 Å². The highest BCUT2D eigenvalue weighted by Gasteiger charge is 2.28. The quantitative estimate of drug-likeness (QED) is 0.685. The van der Waals surface area contributed by atoms with Crippen LogP contribution in [0, 0.1) is 5.92 Å². The first-order chi connectivity index (χ1) is 15.1. The van der Waals surface area contributed by atoms with Gasteiger partial charge in [0.1, 0.15) is 5.82 Å². The predicted molar refractivity (Wildman–Crippen MR) is 119 cm³/mol. The number of ether oxygens (including phenoxy) is 1. The molecule has 1 aromatic heterocycles. The number of carbonyl (C=O) groups is 2. The van der Waals surface area contributed by atoms with Crippen LogP contribution < -0.4 is 5.32 Å². The number of anilines is 1. The van der Waals surface area contributed by atoms with Crippen molar-refractivity contribution in [3.05, 3.63) is 42.1 Å². The molecule has 0 unspecified atom stereocenters. The van der Waals surface area contributed by atoms with E-state index in [0.29, 0.717) is 24.9 Å². The van der Waals surface area contributed by atoms with Gasteiger partial charge in [0, 0.05) is 18.5 Å². The Morgan fingerprint density at radius 1 is 1.13 bits per heavy atom. The number of aromatic nitrogens is 2. The van der Waals surface area contributed by atoms with E-state index >= 15 is 0 Å². The molecule has 166 valence electrons. The van der Waals surface area contributed by atoms with E-state index in [9.17, 15) is 9.59 Å². The van der Waals surface area contributed by atoms with Crippen molar-refractivity contribution in [2.24, 2.45) is 5.92 Å². The van der Waals surface area contributed by atoms with Gasteiger partial charge in [0.25, 0.3) is 0 Å². The summed E-state index contributed by atoms with van der Waals surface area (Å²) in [4.78, 5) is 27.0. The number of nitrogens with one attached hydrogen (secondary N) is 1. The zero-order valence-electron chi connectivity index (χ0n) is 18.3. The molecule has 1 aliphatic carbocycles. The number of para-hydroxylation sites is 1. The predicted octanol–water partition coefficient (Wildman–Crippen LogP) is 3.74. The number of nitrogens with zero attached hydrogens (tertiary/aromatic N) is 3. The molecule has 1 saturated heterocycles. The van der Waals surface area contributed by atoms with Crippen LogP contribution >= 0.6 is 0 Å². The normalized spacial score (nSPS) is 20.0. The second-order valence-electron chi connectivity index (χ2n) is 8.56. The van der Waals surface area contributed by atoms with Gasteiger partial charge in [0.2, 0.25) is 5.91 Å². The molecule has 0 bridgehead atoms. The number of likely N-dealkylation sites (tertiary alicyclic amines) is 1. The van der Waals surface area contributed by atoms with Crippen molar-refractivity contribution in [3.63, 3.8) is 0 Å². The number of benzene rings is 1. The lowest BCUT2D eigenvalue weighted by atomic mass is 9.98. The van der Waals surface area contributed by atoms with E-state index in [0.717, 1.165) is 43.6 Å². The Balaban J connectivity index is 1.45. The van der Waals surface area contributed by atoms with Crippen molar-refractivity contribution in [3.8, 4) is 5.69 Å². The molecular weight excluding hydrogens is 392 g/mol. The minimum absolute atomic E-state index is 0.0837. The molecule has 1 aromatic carbocycles. The van der Waals surface area contributed by atoms with Crippen LogP contribution in [0.2, 0.25) is 0 Å². The molecule has 7 nitrogen and oxygen atoms in total. The summed E-state index contributed by atoms with van der Waals surface area (Å²) in [5.74, 6) is 0.783. The van der Waals surface area contributed by atoms with Crippen molar-refractivity contribution >= 4 is 17.7 Å².